The number of nitrogen functional groups attached to an aromatic ring is 1. The Morgan fingerprint density at radius 3 is 2.24 bits per heavy atom. The van der Waals surface area contributed by atoms with Gasteiger partial charge in [0.05, 0.1) is 0 Å². The molecule has 0 amide bonds. The molecule has 1 aromatic rings. The molecule has 1 heterocycles. The van der Waals surface area contributed by atoms with Crippen molar-refractivity contribution in [3.05, 3.63) is 29.6 Å². The van der Waals surface area contributed by atoms with Crippen LogP contribution in [0.25, 0.3) is 0 Å². The van der Waals surface area contributed by atoms with E-state index in [0.717, 1.165) is 31.5 Å². The van der Waals surface area contributed by atoms with Gasteiger partial charge in [0.15, 0.2) is 0 Å². The first-order chi connectivity index (χ1) is 9.88. The van der Waals surface area contributed by atoms with Crippen LogP contribution in [0, 0.1) is 17.2 Å². The van der Waals surface area contributed by atoms with Crippen molar-refractivity contribution in [2.75, 3.05) is 13.1 Å². The molecule has 0 fully saturated rings. The van der Waals surface area contributed by atoms with Crippen molar-refractivity contribution in [2.24, 2.45) is 17.6 Å². The Kier molecular flexibility index (Phi) is 7.37. The second kappa shape index (κ2) is 8.78. The zero-order valence-corrected chi connectivity index (χ0v) is 13.9. The van der Waals surface area contributed by atoms with Crippen molar-refractivity contribution in [1.82, 2.24) is 9.88 Å². The van der Waals surface area contributed by atoms with Crippen LogP contribution < -0.4 is 5.73 Å². The van der Waals surface area contributed by atoms with Gasteiger partial charge in [-0.15, -0.1) is 0 Å². The Morgan fingerprint density at radius 2 is 1.76 bits per heavy atom. The van der Waals surface area contributed by atoms with Crippen molar-refractivity contribution >= 4 is 5.84 Å². The first kappa shape index (κ1) is 17.6. The van der Waals surface area contributed by atoms with Gasteiger partial charge in [-0.05, 0) is 55.5 Å². The van der Waals surface area contributed by atoms with Crippen LogP contribution in [0.4, 0.5) is 0 Å². The van der Waals surface area contributed by atoms with Crippen molar-refractivity contribution in [3.63, 3.8) is 0 Å². The SMILES string of the molecule is CC(C)CCN(CCC(C)C)Cc1ccnc(C(=N)N)c1. The fraction of sp³-hybridized carbons (Fsp3) is 0.647. The molecule has 21 heavy (non-hydrogen) atoms. The molecule has 118 valence electrons. The summed E-state index contributed by atoms with van der Waals surface area (Å²) in [7, 11) is 0. The fourth-order valence-corrected chi connectivity index (χ4v) is 2.13. The predicted molar refractivity (Wildman–Crippen MR) is 89.4 cm³/mol. The van der Waals surface area contributed by atoms with Crippen LogP contribution in [0.1, 0.15) is 51.8 Å². The van der Waals surface area contributed by atoms with Crippen LogP contribution in [0.2, 0.25) is 0 Å². The van der Waals surface area contributed by atoms with Gasteiger partial charge >= 0.3 is 0 Å². The third-order valence-electron chi connectivity index (χ3n) is 3.55. The average molecular weight is 290 g/mol. The standard InChI is InChI=1S/C17H30N4/c1-13(2)6-9-21(10-7-14(3)4)12-15-5-8-20-16(11-15)17(18)19/h5,8,11,13-14H,6-7,9-10,12H2,1-4H3,(H3,18,19). The van der Waals surface area contributed by atoms with E-state index in [0.29, 0.717) is 5.69 Å². The summed E-state index contributed by atoms with van der Waals surface area (Å²) in [6, 6.07) is 3.95. The summed E-state index contributed by atoms with van der Waals surface area (Å²) in [4.78, 5) is 6.63. The second-order valence-corrected chi connectivity index (χ2v) is 6.60. The molecule has 0 unspecified atom stereocenters. The first-order valence-electron chi connectivity index (χ1n) is 7.90. The highest BCUT2D eigenvalue weighted by Gasteiger charge is 2.09. The molecule has 1 rings (SSSR count). The lowest BCUT2D eigenvalue weighted by Gasteiger charge is -2.24. The van der Waals surface area contributed by atoms with Gasteiger partial charge in [-0.2, -0.15) is 0 Å². The number of hydrogen-bond donors (Lipinski definition) is 2. The number of hydrogen-bond acceptors (Lipinski definition) is 3. The van der Waals surface area contributed by atoms with Crippen LogP contribution in [-0.2, 0) is 6.54 Å². The van der Waals surface area contributed by atoms with E-state index in [4.69, 9.17) is 11.1 Å². The van der Waals surface area contributed by atoms with Gasteiger partial charge in [-0.3, -0.25) is 15.3 Å². The number of pyridine rings is 1. The van der Waals surface area contributed by atoms with Gasteiger partial charge in [0.1, 0.15) is 11.5 Å². The highest BCUT2D eigenvalue weighted by molar-refractivity contribution is 5.93. The monoisotopic (exact) mass is 290 g/mol. The molecular formula is C17H30N4. The van der Waals surface area contributed by atoms with Crippen molar-refractivity contribution in [2.45, 2.75) is 47.1 Å². The number of nitrogens with two attached hydrogens (primary N) is 1. The second-order valence-electron chi connectivity index (χ2n) is 6.60. The summed E-state index contributed by atoms with van der Waals surface area (Å²) in [5, 5.41) is 7.49. The van der Waals surface area contributed by atoms with E-state index in [2.05, 4.69) is 37.6 Å². The van der Waals surface area contributed by atoms with Crippen LogP contribution in [-0.4, -0.2) is 28.8 Å². The van der Waals surface area contributed by atoms with Gasteiger partial charge in [0, 0.05) is 12.7 Å². The summed E-state index contributed by atoms with van der Waals surface area (Å²) >= 11 is 0. The highest BCUT2D eigenvalue weighted by Crippen LogP contribution is 2.11. The van der Waals surface area contributed by atoms with E-state index >= 15 is 0 Å². The normalized spacial score (nSPS) is 11.6. The largest absolute Gasteiger partial charge is 0.382 e. The van der Waals surface area contributed by atoms with E-state index in [1.807, 2.05) is 12.1 Å². The van der Waals surface area contributed by atoms with Crippen LogP contribution in [0.3, 0.4) is 0 Å². The Hall–Kier alpha value is -1.42. The molecule has 0 aromatic carbocycles. The predicted octanol–water partition coefficient (Wildman–Crippen LogP) is 3.26. The average Bonchev–Trinajstić information content (AvgIpc) is 2.41. The Bertz CT molecular complexity index is 428. The molecule has 1 aromatic heterocycles. The highest BCUT2D eigenvalue weighted by atomic mass is 15.1. The molecule has 0 radical (unpaired) electrons. The van der Waals surface area contributed by atoms with E-state index < -0.39 is 0 Å². The molecule has 0 saturated heterocycles. The van der Waals surface area contributed by atoms with Gasteiger partial charge in [0.25, 0.3) is 0 Å². The summed E-state index contributed by atoms with van der Waals surface area (Å²) in [5.41, 5.74) is 7.27. The molecule has 0 bridgehead atoms. The van der Waals surface area contributed by atoms with Gasteiger partial charge in [0.2, 0.25) is 0 Å². The minimum atomic E-state index is 0.0350. The van der Waals surface area contributed by atoms with E-state index in [-0.39, 0.29) is 5.84 Å². The summed E-state index contributed by atoms with van der Waals surface area (Å²) < 4.78 is 0. The fourth-order valence-electron chi connectivity index (χ4n) is 2.13. The molecular weight excluding hydrogens is 260 g/mol. The van der Waals surface area contributed by atoms with Gasteiger partial charge < -0.3 is 5.73 Å². The maximum atomic E-state index is 7.49. The third-order valence-corrected chi connectivity index (χ3v) is 3.55. The Balaban J connectivity index is 2.69. The van der Waals surface area contributed by atoms with E-state index in [1.165, 1.54) is 18.4 Å². The lowest BCUT2D eigenvalue weighted by Crippen LogP contribution is -2.27. The topological polar surface area (TPSA) is 66.0 Å². The third kappa shape index (κ3) is 7.23. The lowest BCUT2D eigenvalue weighted by atomic mass is 10.1. The summed E-state index contributed by atoms with van der Waals surface area (Å²) in [5.74, 6) is 1.47. The zero-order valence-electron chi connectivity index (χ0n) is 13.9. The molecule has 4 heteroatoms. The Morgan fingerprint density at radius 1 is 1.19 bits per heavy atom. The van der Waals surface area contributed by atoms with Gasteiger partial charge in [-0.1, -0.05) is 27.7 Å². The van der Waals surface area contributed by atoms with Crippen molar-refractivity contribution in [3.8, 4) is 0 Å². The minimum absolute atomic E-state index is 0.0350. The molecule has 3 N–H and O–H groups in total. The molecule has 0 aliphatic rings. The molecule has 0 spiro atoms. The molecule has 0 atom stereocenters. The maximum Gasteiger partial charge on any atom is 0.141 e. The van der Waals surface area contributed by atoms with Crippen molar-refractivity contribution < 1.29 is 0 Å². The van der Waals surface area contributed by atoms with Crippen LogP contribution >= 0.6 is 0 Å². The quantitative estimate of drug-likeness (QED) is 0.542. The van der Waals surface area contributed by atoms with Crippen LogP contribution in [0.5, 0.6) is 0 Å². The Labute approximate surface area is 129 Å². The number of rotatable bonds is 9. The van der Waals surface area contributed by atoms with Crippen molar-refractivity contribution in [1.29, 1.82) is 5.41 Å². The molecule has 4 nitrogen and oxygen atoms in total. The number of aromatic nitrogens is 1. The van der Waals surface area contributed by atoms with E-state index in [1.54, 1.807) is 6.20 Å². The maximum absolute atomic E-state index is 7.49. The molecule has 0 aliphatic carbocycles. The van der Waals surface area contributed by atoms with E-state index in [9.17, 15) is 0 Å². The number of nitrogens with one attached hydrogen (secondary N) is 1. The first-order valence-corrected chi connectivity index (χ1v) is 7.90. The molecule has 0 aliphatic heterocycles. The smallest absolute Gasteiger partial charge is 0.141 e. The lowest BCUT2D eigenvalue weighted by molar-refractivity contribution is 0.235. The summed E-state index contributed by atoms with van der Waals surface area (Å²) in [6.45, 7) is 12.2. The minimum Gasteiger partial charge on any atom is -0.382 e. The molecule has 0 saturated carbocycles. The number of amidine groups is 1. The zero-order chi connectivity index (χ0) is 15.8. The summed E-state index contributed by atoms with van der Waals surface area (Å²) in [6.07, 6.45) is 4.17. The van der Waals surface area contributed by atoms with Crippen LogP contribution in [0.15, 0.2) is 18.3 Å². The van der Waals surface area contributed by atoms with Gasteiger partial charge in [-0.25, -0.2) is 0 Å². The number of nitrogens with zero attached hydrogens (tertiary/aromatic N) is 2.